The summed E-state index contributed by atoms with van der Waals surface area (Å²) in [4.78, 5) is 4.57. The first-order valence-electron chi connectivity index (χ1n) is 8.55. The van der Waals surface area contributed by atoms with E-state index in [4.69, 9.17) is 0 Å². The van der Waals surface area contributed by atoms with E-state index < -0.39 is 0 Å². The Morgan fingerprint density at radius 3 is 2.48 bits per heavy atom. The van der Waals surface area contributed by atoms with Crippen LogP contribution in [-0.4, -0.2) is 10.5 Å². The number of rotatable bonds is 3. The Bertz CT molecular complexity index is 546. The molecule has 0 aliphatic heterocycles. The fourth-order valence-corrected chi connectivity index (χ4v) is 6.62. The predicted octanol–water partition coefficient (Wildman–Crippen LogP) is 4.23. The lowest BCUT2D eigenvalue weighted by atomic mass is 9.43. The minimum Gasteiger partial charge on any atom is -0.306 e. The van der Waals surface area contributed by atoms with Crippen molar-refractivity contribution in [2.24, 2.45) is 16.7 Å². The van der Waals surface area contributed by atoms with Gasteiger partial charge in [-0.3, -0.25) is 4.98 Å². The molecular formula is C19H28N2. The SMILES string of the molecule is Cc1cccnc1CNC12CC3CC(C)(CC(C)(C3)C1)C2. The average Bonchev–Trinajstić information content (AvgIpc) is 2.33. The van der Waals surface area contributed by atoms with Gasteiger partial charge in [-0.1, -0.05) is 19.9 Å². The average molecular weight is 284 g/mol. The first-order valence-corrected chi connectivity index (χ1v) is 8.55. The number of pyridine rings is 1. The molecule has 0 saturated heterocycles. The van der Waals surface area contributed by atoms with Crippen LogP contribution < -0.4 is 5.32 Å². The van der Waals surface area contributed by atoms with Gasteiger partial charge in [0.25, 0.3) is 0 Å². The molecule has 4 saturated carbocycles. The summed E-state index contributed by atoms with van der Waals surface area (Å²) in [6, 6.07) is 4.21. The van der Waals surface area contributed by atoms with Crippen molar-refractivity contribution in [1.29, 1.82) is 0 Å². The Hall–Kier alpha value is -0.890. The van der Waals surface area contributed by atoms with E-state index in [1.54, 1.807) is 0 Å². The van der Waals surface area contributed by atoms with Gasteiger partial charge in [-0.25, -0.2) is 0 Å². The van der Waals surface area contributed by atoms with Gasteiger partial charge in [0.1, 0.15) is 0 Å². The van der Waals surface area contributed by atoms with Crippen molar-refractivity contribution >= 4 is 0 Å². The zero-order valence-corrected chi connectivity index (χ0v) is 13.7. The molecule has 4 fully saturated rings. The molecule has 5 rings (SSSR count). The van der Waals surface area contributed by atoms with Gasteiger partial charge in [0.05, 0.1) is 5.69 Å². The minimum atomic E-state index is 0.382. The van der Waals surface area contributed by atoms with E-state index >= 15 is 0 Å². The minimum absolute atomic E-state index is 0.382. The summed E-state index contributed by atoms with van der Waals surface area (Å²) in [5.41, 5.74) is 4.09. The Labute approximate surface area is 128 Å². The maximum absolute atomic E-state index is 4.57. The molecule has 4 aliphatic carbocycles. The smallest absolute Gasteiger partial charge is 0.0570 e. The standard InChI is InChI=1S/C19H28N2/c1-14-5-4-6-20-16(14)10-21-19-9-15-7-17(2,12-19)11-18(3,8-15)13-19/h4-6,15,21H,7-13H2,1-3H3. The molecular weight excluding hydrogens is 256 g/mol. The van der Waals surface area contributed by atoms with Gasteiger partial charge in [-0.05, 0) is 73.8 Å². The fraction of sp³-hybridized carbons (Fsp3) is 0.737. The highest BCUT2D eigenvalue weighted by Gasteiger charge is 2.59. The Kier molecular flexibility index (Phi) is 2.83. The predicted molar refractivity (Wildman–Crippen MR) is 86.0 cm³/mol. The highest BCUT2D eigenvalue weighted by Crippen LogP contribution is 2.66. The first kappa shape index (κ1) is 13.8. The van der Waals surface area contributed by atoms with E-state index in [1.807, 2.05) is 12.3 Å². The summed E-state index contributed by atoms with van der Waals surface area (Å²) >= 11 is 0. The lowest BCUT2D eigenvalue weighted by molar-refractivity contribution is -0.118. The van der Waals surface area contributed by atoms with Crippen molar-refractivity contribution in [3.05, 3.63) is 29.6 Å². The van der Waals surface area contributed by atoms with Crippen LogP contribution in [0.1, 0.15) is 63.6 Å². The molecule has 1 N–H and O–H groups in total. The summed E-state index contributed by atoms with van der Waals surface area (Å²) in [5, 5.41) is 3.97. The molecule has 4 aliphatic rings. The third-order valence-corrected chi connectivity index (χ3v) is 6.37. The van der Waals surface area contributed by atoms with Crippen LogP contribution in [-0.2, 0) is 6.54 Å². The maximum atomic E-state index is 4.57. The van der Waals surface area contributed by atoms with Gasteiger partial charge in [0, 0.05) is 18.3 Å². The van der Waals surface area contributed by atoms with Crippen LogP contribution >= 0.6 is 0 Å². The summed E-state index contributed by atoms with van der Waals surface area (Å²) in [5.74, 6) is 0.952. The second kappa shape index (κ2) is 4.32. The highest BCUT2D eigenvalue weighted by molar-refractivity contribution is 5.19. The Morgan fingerprint density at radius 2 is 1.86 bits per heavy atom. The van der Waals surface area contributed by atoms with E-state index in [9.17, 15) is 0 Å². The zero-order valence-electron chi connectivity index (χ0n) is 13.7. The van der Waals surface area contributed by atoms with Crippen molar-refractivity contribution in [2.75, 3.05) is 0 Å². The van der Waals surface area contributed by atoms with E-state index in [0.717, 1.165) is 12.5 Å². The number of hydrogen-bond acceptors (Lipinski definition) is 2. The quantitative estimate of drug-likeness (QED) is 0.898. The van der Waals surface area contributed by atoms with E-state index in [0.29, 0.717) is 16.4 Å². The summed E-state index contributed by atoms with van der Waals surface area (Å²) in [6.07, 6.45) is 10.4. The van der Waals surface area contributed by atoms with Crippen molar-refractivity contribution < 1.29 is 0 Å². The number of aryl methyl sites for hydroxylation is 1. The topological polar surface area (TPSA) is 24.9 Å². The van der Waals surface area contributed by atoms with Crippen LogP contribution in [0.15, 0.2) is 18.3 Å². The highest BCUT2D eigenvalue weighted by atomic mass is 15.0. The normalized spacial score (nSPS) is 44.2. The van der Waals surface area contributed by atoms with Crippen molar-refractivity contribution in [3.8, 4) is 0 Å². The van der Waals surface area contributed by atoms with Gasteiger partial charge in [-0.2, -0.15) is 0 Å². The summed E-state index contributed by atoms with van der Waals surface area (Å²) in [7, 11) is 0. The molecule has 2 nitrogen and oxygen atoms in total. The molecule has 1 heterocycles. The van der Waals surface area contributed by atoms with Crippen molar-refractivity contribution in [1.82, 2.24) is 10.3 Å². The molecule has 114 valence electrons. The van der Waals surface area contributed by atoms with Gasteiger partial charge in [0.15, 0.2) is 0 Å². The number of nitrogens with zero attached hydrogens (tertiary/aromatic N) is 1. The molecule has 4 bridgehead atoms. The fourth-order valence-electron chi connectivity index (χ4n) is 6.62. The number of nitrogens with one attached hydrogen (secondary N) is 1. The van der Waals surface area contributed by atoms with Gasteiger partial charge >= 0.3 is 0 Å². The summed E-state index contributed by atoms with van der Waals surface area (Å²) in [6.45, 7) is 8.19. The Balaban J connectivity index is 1.56. The van der Waals surface area contributed by atoms with Crippen molar-refractivity contribution in [3.63, 3.8) is 0 Å². The van der Waals surface area contributed by atoms with Crippen LogP contribution in [0.5, 0.6) is 0 Å². The molecule has 2 heteroatoms. The molecule has 0 aromatic carbocycles. The number of aromatic nitrogens is 1. The van der Waals surface area contributed by atoms with Crippen LogP contribution in [0.25, 0.3) is 0 Å². The van der Waals surface area contributed by atoms with E-state index in [2.05, 4.69) is 37.1 Å². The molecule has 0 spiro atoms. The summed E-state index contributed by atoms with van der Waals surface area (Å²) < 4.78 is 0. The lowest BCUT2D eigenvalue weighted by Crippen LogP contribution is -2.63. The van der Waals surface area contributed by atoms with Crippen molar-refractivity contribution in [2.45, 2.75) is 71.4 Å². The molecule has 0 radical (unpaired) electrons. The molecule has 0 amide bonds. The Morgan fingerprint density at radius 1 is 1.14 bits per heavy atom. The third-order valence-electron chi connectivity index (χ3n) is 6.37. The lowest BCUT2D eigenvalue weighted by Gasteiger charge is -2.65. The maximum Gasteiger partial charge on any atom is 0.0570 e. The van der Waals surface area contributed by atoms with E-state index in [-0.39, 0.29) is 0 Å². The van der Waals surface area contributed by atoms with Crippen LogP contribution in [0.3, 0.4) is 0 Å². The van der Waals surface area contributed by atoms with Crippen LogP contribution in [0.4, 0.5) is 0 Å². The van der Waals surface area contributed by atoms with Gasteiger partial charge in [0.2, 0.25) is 0 Å². The van der Waals surface area contributed by atoms with Crippen LogP contribution in [0.2, 0.25) is 0 Å². The molecule has 2 unspecified atom stereocenters. The number of hydrogen-bond donors (Lipinski definition) is 1. The first-order chi connectivity index (χ1) is 9.90. The monoisotopic (exact) mass is 284 g/mol. The van der Waals surface area contributed by atoms with Crippen LogP contribution in [0, 0.1) is 23.7 Å². The zero-order chi connectivity index (χ0) is 14.7. The van der Waals surface area contributed by atoms with Gasteiger partial charge in [-0.15, -0.1) is 0 Å². The molecule has 21 heavy (non-hydrogen) atoms. The molecule has 2 atom stereocenters. The second-order valence-electron chi connectivity index (χ2n) is 9.03. The second-order valence-corrected chi connectivity index (χ2v) is 9.03. The molecule has 1 aromatic rings. The van der Waals surface area contributed by atoms with E-state index in [1.165, 1.54) is 49.8 Å². The molecule has 1 aromatic heterocycles. The third kappa shape index (κ3) is 2.32. The largest absolute Gasteiger partial charge is 0.306 e. The van der Waals surface area contributed by atoms with Gasteiger partial charge < -0.3 is 5.32 Å².